The molecule has 0 amide bonds. The van der Waals surface area contributed by atoms with Crippen LogP contribution in [0, 0.1) is 0 Å². The molecule has 0 aromatic carbocycles. The molecule has 2 aromatic heterocycles. The SMILES string of the molecule is CCCCCCCCCCCCn1ccnc1C(Cc1nnn[nH]1)SCCC(=O)O. The van der Waals surface area contributed by atoms with Crippen LogP contribution in [0.2, 0.25) is 0 Å². The van der Waals surface area contributed by atoms with E-state index in [1.54, 1.807) is 11.8 Å². The van der Waals surface area contributed by atoms with Gasteiger partial charge in [-0.25, -0.2) is 10.1 Å². The summed E-state index contributed by atoms with van der Waals surface area (Å²) in [6.45, 7) is 3.20. The third-order valence-corrected chi connectivity index (χ3v) is 6.41. The zero-order valence-electron chi connectivity index (χ0n) is 18.1. The molecular formula is C21H36N6O2S. The van der Waals surface area contributed by atoms with Gasteiger partial charge in [-0.05, 0) is 16.8 Å². The molecule has 168 valence electrons. The van der Waals surface area contributed by atoms with Gasteiger partial charge >= 0.3 is 5.97 Å². The first kappa shape index (κ1) is 24.4. The van der Waals surface area contributed by atoms with E-state index in [2.05, 4.69) is 37.1 Å². The van der Waals surface area contributed by atoms with Crippen molar-refractivity contribution in [2.45, 2.75) is 95.8 Å². The number of imidazole rings is 1. The first-order chi connectivity index (χ1) is 14.7. The van der Waals surface area contributed by atoms with E-state index in [9.17, 15) is 4.79 Å². The van der Waals surface area contributed by atoms with Crippen LogP contribution in [0.15, 0.2) is 12.4 Å². The Hall–Kier alpha value is -1.90. The van der Waals surface area contributed by atoms with Crippen molar-refractivity contribution in [1.82, 2.24) is 30.2 Å². The minimum atomic E-state index is -0.781. The van der Waals surface area contributed by atoms with Crippen molar-refractivity contribution in [3.63, 3.8) is 0 Å². The van der Waals surface area contributed by atoms with E-state index in [1.807, 2.05) is 12.4 Å². The Morgan fingerprint density at radius 1 is 1.13 bits per heavy atom. The van der Waals surface area contributed by atoms with Gasteiger partial charge in [-0.1, -0.05) is 64.7 Å². The van der Waals surface area contributed by atoms with Gasteiger partial charge in [-0.15, -0.1) is 16.9 Å². The van der Waals surface area contributed by atoms with Crippen molar-refractivity contribution in [3.05, 3.63) is 24.0 Å². The number of hydrogen-bond acceptors (Lipinski definition) is 6. The Morgan fingerprint density at radius 2 is 1.83 bits per heavy atom. The molecule has 0 saturated heterocycles. The molecule has 0 bridgehead atoms. The van der Waals surface area contributed by atoms with Gasteiger partial charge in [0.2, 0.25) is 0 Å². The van der Waals surface area contributed by atoms with E-state index >= 15 is 0 Å². The highest BCUT2D eigenvalue weighted by Gasteiger charge is 2.20. The number of unbranched alkanes of at least 4 members (excludes halogenated alkanes) is 9. The molecular weight excluding hydrogens is 400 g/mol. The van der Waals surface area contributed by atoms with Crippen molar-refractivity contribution in [2.24, 2.45) is 0 Å². The number of aryl methyl sites for hydroxylation is 1. The van der Waals surface area contributed by atoms with Crippen LogP contribution in [-0.4, -0.2) is 47.0 Å². The van der Waals surface area contributed by atoms with Crippen LogP contribution in [0.3, 0.4) is 0 Å². The van der Waals surface area contributed by atoms with E-state index in [0.29, 0.717) is 18.0 Å². The molecule has 9 heteroatoms. The number of nitrogens with zero attached hydrogens (tertiary/aromatic N) is 5. The maximum atomic E-state index is 10.9. The van der Waals surface area contributed by atoms with E-state index in [1.165, 1.54) is 57.8 Å². The van der Waals surface area contributed by atoms with Crippen molar-refractivity contribution in [2.75, 3.05) is 5.75 Å². The van der Waals surface area contributed by atoms with Crippen molar-refractivity contribution < 1.29 is 9.90 Å². The topological polar surface area (TPSA) is 110 Å². The van der Waals surface area contributed by atoms with E-state index in [0.717, 1.165) is 18.8 Å². The van der Waals surface area contributed by atoms with Crippen LogP contribution in [-0.2, 0) is 17.8 Å². The minimum absolute atomic E-state index is 0.0252. The Bertz CT molecular complexity index is 691. The summed E-state index contributed by atoms with van der Waals surface area (Å²) in [5, 5.41) is 23.0. The van der Waals surface area contributed by atoms with Gasteiger partial charge in [0.1, 0.15) is 11.6 Å². The number of carbonyl (C=O) groups is 1. The molecule has 0 fully saturated rings. The van der Waals surface area contributed by atoms with Gasteiger partial charge in [0.05, 0.1) is 11.7 Å². The van der Waals surface area contributed by atoms with E-state index in [4.69, 9.17) is 5.11 Å². The number of carboxylic acid groups (broad SMARTS) is 1. The number of carboxylic acids is 1. The molecule has 2 aromatic rings. The Balaban J connectivity index is 1.75. The fourth-order valence-corrected chi connectivity index (χ4v) is 4.72. The van der Waals surface area contributed by atoms with E-state index < -0.39 is 5.97 Å². The molecule has 2 rings (SSSR count). The van der Waals surface area contributed by atoms with Crippen molar-refractivity contribution in [1.29, 1.82) is 0 Å². The molecule has 8 nitrogen and oxygen atoms in total. The molecule has 2 heterocycles. The lowest BCUT2D eigenvalue weighted by atomic mass is 10.1. The highest BCUT2D eigenvalue weighted by molar-refractivity contribution is 7.99. The molecule has 2 N–H and O–H groups in total. The smallest absolute Gasteiger partial charge is 0.304 e. The lowest BCUT2D eigenvalue weighted by molar-refractivity contribution is -0.136. The second-order valence-electron chi connectivity index (χ2n) is 7.72. The van der Waals surface area contributed by atoms with Crippen LogP contribution in [0.4, 0.5) is 0 Å². The van der Waals surface area contributed by atoms with Gasteiger partial charge in [-0.3, -0.25) is 4.79 Å². The number of aliphatic carboxylic acids is 1. The summed E-state index contributed by atoms with van der Waals surface area (Å²) < 4.78 is 2.20. The molecule has 0 aliphatic heterocycles. The van der Waals surface area contributed by atoms with Gasteiger partial charge in [0.15, 0.2) is 0 Å². The summed E-state index contributed by atoms with van der Waals surface area (Å²) in [5.74, 6) is 1.41. The zero-order chi connectivity index (χ0) is 21.4. The van der Waals surface area contributed by atoms with E-state index in [-0.39, 0.29) is 11.7 Å². The molecule has 30 heavy (non-hydrogen) atoms. The lowest BCUT2D eigenvalue weighted by Crippen LogP contribution is -2.11. The number of hydrogen-bond donors (Lipinski definition) is 2. The number of nitrogens with one attached hydrogen (secondary N) is 1. The summed E-state index contributed by atoms with van der Waals surface area (Å²) in [4.78, 5) is 15.5. The summed E-state index contributed by atoms with van der Waals surface area (Å²) >= 11 is 1.60. The Labute approximate surface area is 183 Å². The highest BCUT2D eigenvalue weighted by Crippen LogP contribution is 2.31. The molecule has 0 aliphatic carbocycles. The van der Waals surface area contributed by atoms with Crippen molar-refractivity contribution >= 4 is 17.7 Å². The number of H-pyrrole nitrogens is 1. The Kier molecular flexibility index (Phi) is 12.2. The van der Waals surface area contributed by atoms with Gasteiger partial charge in [-0.2, -0.15) is 0 Å². The van der Waals surface area contributed by atoms with Crippen LogP contribution < -0.4 is 0 Å². The lowest BCUT2D eigenvalue weighted by Gasteiger charge is -2.17. The second kappa shape index (κ2) is 15.0. The zero-order valence-corrected chi connectivity index (χ0v) is 18.9. The molecule has 0 saturated carbocycles. The molecule has 1 atom stereocenters. The quantitative estimate of drug-likeness (QED) is 0.323. The first-order valence-electron chi connectivity index (χ1n) is 11.3. The van der Waals surface area contributed by atoms with Crippen LogP contribution in [0.1, 0.15) is 94.5 Å². The van der Waals surface area contributed by atoms with Crippen LogP contribution in [0.5, 0.6) is 0 Å². The molecule has 1 unspecified atom stereocenters. The van der Waals surface area contributed by atoms with Gasteiger partial charge in [0, 0.05) is 31.1 Å². The number of thioether (sulfide) groups is 1. The maximum absolute atomic E-state index is 10.9. The number of aromatic amines is 1. The number of tetrazole rings is 1. The largest absolute Gasteiger partial charge is 0.481 e. The Morgan fingerprint density at radius 3 is 2.47 bits per heavy atom. The van der Waals surface area contributed by atoms with Crippen molar-refractivity contribution in [3.8, 4) is 0 Å². The van der Waals surface area contributed by atoms with Crippen LogP contribution >= 0.6 is 11.8 Å². The fourth-order valence-electron chi connectivity index (χ4n) is 3.52. The molecule has 0 spiro atoms. The average Bonchev–Trinajstić information content (AvgIpc) is 3.40. The summed E-state index contributed by atoms with van der Waals surface area (Å²) in [5.41, 5.74) is 0. The molecule has 0 radical (unpaired) electrons. The third-order valence-electron chi connectivity index (χ3n) is 5.19. The maximum Gasteiger partial charge on any atom is 0.304 e. The fraction of sp³-hybridized carbons (Fsp3) is 0.762. The summed E-state index contributed by atoms with van der Waals surface area (Å²) in [6.07, 6.45) is 17.7. The standard InChI is InChI=1S/C21H36N6O2S/c1-2-3-4-5-6-7-8-9-10-11-14-27-15-13-22-21(27)18(30-16-12-20(28)29)17-19-23-25-26-24-19/h13,15,18H,2-12,14,16-17H2,1H3,(H,28,29)(H,23,24,25,26). The van der Waals surface area contributed by atoms with Crippen LogP contribution in [0.25, 0.3) is 0 Å². The van der Waals surface area contributed by atoms with Gasteiger partial charge < -0.3 is 9.67 Å². The predicted molar refractivity (Wildman–Crippen MR) is 119 cm³/mol. The predicted octanol–water partition coefficient (Wildman–Crippen LogP) is 4.81. The number of aromatic nitrogens is 6. The third kappa shape index (κ3) is 9.73. The monoisotopic (exact) mass is 436 g/mol. The highest BCUT2D eigenvalue weighted by atomic mass is 32.2. The van der Waals surface area contributed by atoms with Gasteiger partial charge in [0.25, 0.3) is 0 Å². The molecule has 0 aliphatic rings. The normalized spacial score (nSPS) is 12.3. The summed E-state index contributed by atoms with van der Waals surface area (Å²) in [7, 11) is 0. The first-order valence-corrected chi connectivity index (χ1v) is 12.3. The summed E-state index contributed by atoms with van der Waals surface area (Å²) in [6, 6.07) is 0. The average molecular weight is 437 g/mol. The minimum Gasteiger partial charge on any atom is -0.481 e. The number of rotatable bonds is 18. The second-order valence-corrected chi connectivity index (χ2v) is 9.03.